The molecule has 2 bridgehead atoms. The number of hydrogen-bond donors (Lipinski definition) is 1. The first-order valence-corrected chi connectivity index (χ1v) is 9.23. The molecule has 7 heteroatoms. The topological polar surface area (TPSA) is 46.5 Å². The summed E-state index contributed by atoms with van der Waals surface area (Å²) >= 11 is 5.95. The Morgan fingerprint density at radius 1 is 1.23 bits per heavy atom. The van der Waals surface area contributed by atoms with Crippen LogP contribution in [0, 0.1) is 5.41 Å². The zero-order chi connectivity index (χ0) is 19.0. The minimum absolute atomic E-state index is 0.0635. The van der Waals surface area contributed by atoms with Gasteiger partial charge in [0, 0.05) is 6.42 Å². The zero-order valence-electron chi connectivity index (χ0n) is 14.4. The fraction of sp³-hybridized carbons (Fsp3) is 0.632. The molecule has 0 heterocycles. The largest absolute Gasteiger partial charge is 0.481 e. The molecule has 2 fully saturated rings. The second kappa shape index (κ2) is 7.04. The first-order chi connectivity index (χ1) is 12.1. The van der Waals surface area contributed by atoms with Crippen molar-refractivity contribution in [3.63, 3.8) is 0 Å². The molecule has 0 radical (unpaired) electrons. The van der Waals surface area contributed by atoms with Gasteiger partial charge in [-0.05, 0) is 62.0 Å². The molecule has 26 heavy (non-hydrogen) atoms. The smallest absolute Gasteiger partial charge is 0.417 e. The molecule has 1 aromatic carbocycles. The average Bonchev–Trinajstić information content (AvgIpc) is 3.09. The summed E-state index contributed by atoms with van der Waals surface area (Å²) in [4.78, 5) is 10.7. The lowest BCUT2D eigenvalue weighted by molar-refractivity contribution is -0.138. The molecule has 2 aliphatic rings. The Morgan fingerprint density at radius 2 is 1.92 bits per heavy atom. The Kier molecular flexibility index (Phi) is 5.28. The first kappa shape index (κ1) is 19.5. The number of rotatable bonds is 7. The van der Waals surface area contributed by atoms with E-state index in [1.807, 2.05) is 0 Å². The number of hydrogen-bond acceptors (Lipinski definition) is 2. The normalized spacial score (nSPS) is 27.8. The Labute approximate surface area is 155 Å². The van der Waals surface area contributed by atoms with Crippen molar-refractivity contribution in [3.05, 3.63) is 34.3 Å². The van der Waals surface area contributed by atoms with Crippen LogP contribution < -0.4 is 0 Å². The van der Waals surface area contributed by atoms with Gasteiger partial charge in [-0.25, -0.2) is 0 Å². The second-order valence-electron chi connectivity index (χ2n) is 7.67. The first-order valence-electron chi connectivity index (χ1n) is 8.85. The van der Waals surface area contributed by atoms with E-state index < -0.39 is 17.7 Å². The van der Waals surface area contributed by atoms with E-state index in [-0.39, 0.29) is 29.1 Å². The number of aliphatic carboxylic acids is 1. The fourth-order valence-electron chi connectivity index (χ4n) is 4.56. The predicted octanol–water partition coefficient (Wildman–Crippen LogP) is 5.83. The van der Waals surface area contributed by atoms with E-state index in [1.54, 1.807) is 6.07 Å². The van der Waals surface area contributed by atoms with E-state index >= 15 is 0 Å². The van der Waals surface area contributed by atoms with Gasteiger partial charge in [-0.1, -0.05) is 23.7 Å². The van der Waals surface area contributed by atoms with Gasteiger partial charge in [-0.3, -0.25) is 4.79 Å². The Balaban J connectivity index is 1.62. The lowest BCUT2D eigenvalue weighted by Crippen LogP contribution is -2.26. The van der Waals surface area contributed by atoms with Crippen molar-refractivity contribution < 1.29 is 27.8 Å². The molecule has 1 aromatic rings. The van der Waals surface area contributed by atoms with Gasteiger partial charge in [0.1, 0.15) is 0 Å². The number of carboxylic acids is 1. The van der Waals surface area contributed by atoms with Gasteiger partial charge in [0.15, 0.2) is 0 Å². The van der Waals surface area contributed by atoms with Crippen molar-refractivity contribution in [2.75, 3.05) is 0 Å². The molecule has 0 aliphatic heterocycles. The molecule has 0 unspecified atom stereocenters. The third kappa shape index (κ3) is 4.01. The lowest BCUT2D eigenvalue weighted by atomic mass is 9.80. The monoisotopic (exact) mass is 390 g/mol. The van der Waals surface area contributed by atoms with E-state index in [1.165, 1.54) is 6.07 Å². The number of benzene rings is 1. The lowest BCUT2D eigenvalue weighted by Gasteiger charge is -2.28. The number of alkyl halides is 3. The van der Waals surface area contributed by atoms with Crippen LogP contribution in [0.5, 0.6) is 0 Å². The molecule has 3 rings (SSSR count). The van der Waals surface area contributed by atoms with E-state index in [9.17, 15) is 18.0 Å². The molecule has 3 nitrogen and oxygen atoms in total. The highest BCUT2D eigenvalue weighted by Gasteiger charge is 2.54. The second-order valence-corrected chi connectivity index (χ2v) is 8.05. The number of carbonyl (C=O) groups is 1. The quantitative estimate of drug-likeness (QED) is 0.636. The van der Waals surface area contributed by atoms with Crippen LogP contribution in [0.1, 0.15) is 62.5 Å². The van der Waals surface area contributed by atoms with Crippen molar-refractivity contribution in [3.8, 4) is 0 Å². The van der Waals surface area contributed by atoms with Crippen LogP contribution in [0.3, 0.4) is 0 Å². The van der Waals surface area contributed by atoms with E-state index in [0.717, 1.165) is 44.6 Å². The standard InChI is InChI=1S/C19H22ClF3O3/c20-16-13(3-1-4-14(16)19(21,22)23)11-26-18-9-7-17(12-18,8-10-18)6-2-5-15(24)25/h1,3-4H,2,5-12H2,(H,24,25). The van der Waals surface area contributed by atoms with Gasteiger partial charge in [0.25, 0.3) is 0 Å². The van der Waals surface area contributed by atoms with Crippen molar-refractivity contribution in [2.24, 2.45) is 5.41 Å². The number of carboxylic acid groups (broad SMARTS) is 1. The molecule has 144 valence electrons. The van der Waals surface area contributed by atoms with Crippen molar-refractivity contribution in [2.45, 2.75) is 69.8 Å². The van der Waals surface area contributed by atoms with Gasteiger partial charge >= 0.3 is 12.1 Å². The van der Waals surface area contributed by atoms with Gasteiger partial charge in [-0.15, -0.1) is 0 Å². The molecule has 0 amide bonds. The molecular weight excluding hydrogens is 369 g/mol. The molecule has 0 aromatic heterocycles. The van der Waals surface area contributed by atoms with E-state index in [0.29, 0.717) is 12.0 Å². The minimum Gasteiger partial charge on any atom is -0.481 e. The zero-order valence-corrected chi connectivity index (χ0v) is 15.1. The van der Waals surface area contributed by atoms with Crippen LogP contribution in [0.15, 0.2) is 18.2 Å². The Morgan fingerprint density at radius 3 is 2.54 bits per heavy atom. The summed E-state index contributed by atoms with van der Waals surface area (Å²) < 4.78 is 45.0. The molecule has 2 saturated carbocycles. The van der Waals surface area contributed by atoms with Crippen molar-refractivity contribution >= 4 is 17.6 Å². The molecule has 0 saturated heterocycles. The maximum Gasteiger partial charge on any atom is 0.417 e. The summed E-state index contributed by atoms with van der Waals surface area (Å²) in [6, 6.07) is 3.89. The highest BCUT2D eigenvalue weighted by atomic mass is 35.5. The molecule has 0 atom stereocenters. The molecular formula is C19H22ClF3O3. The molecule has 2 aliphatic carbocycles. The third-order valence-corrected chi connectivity index (χ3v) is 6.38. The highest BCUT2D eigenvalue weighted by molar-refractivity contribution is 6.32. The van der Waals surface area contributed by atoms with E-state index in [2.05, 4.69) is 0 Å². The average molecular weight is 391 g/mol. The summed E-state index contributed by atoms with van der Waals surface area (Å²) in [6.45, 7) is 0.0635. The van der Waals surface area contributed by atoms with Gasteiger partial charge in [0.2, 0.25) is 0 Å². The highest BCUT2D eigenvalue weighted by Crippen LogP contribution is 2.60. The SMILES string of the molecule is O=C(O)CCCC12CCC(OCc3cccc(C(F)(F)F)c3Cl)(CC1)C2. The molecule has 1 N–H and O–H groups in total. The maximum absolute atomic E-state index is 13.0. The number of ether oxygens (including phenoxy) is 1. The fourth-order valence-corrected chi connectivity index (χ4v) is 4.85. The predicted molar refractivity (Wildman–Crippen MR) is 91.0 cm³/mol. The Hall–Kier alpha value is -1.27. The van der Waals surface area contributed by atoms with Gasteiger partial charge < -0.3 is 9.84 Å². The molecule has 0 spiro atoms. The van der Waals surface area contributed by atoms with Crippen LogP contribution in [-0.2, 0) is 22.3 Å². The third-order valence-electron chi connectivity index (χ3n) is 5.93. The summed E-state index contributed by atoms with van der Waals surface area (Å²) in [6.07, 6.45) is 1.80. The van der Waals surface area contributed by atoms with E-state index in [4.69, 9.17) is 21.4 Å². The van der Waals surface area contributed by atoms with Crippen molar-refractivity contribution in [1.82, 2.24) is 0 Å². The maximum atomic E-state index is 13.0. The van der Waals surface area contributed by atoms with Crippen LogP contribution in [0.4, 0.5) is 13.2 Å². The summed E-state index contributed by atoms with van der Waals surface area (Å²) in [5.41, 5.74) is -0.654. The van der Waals surface area contributed by atoms with Crippen LogP contribution in [0.2, 0.25) is 5.02 Å². The summed E-state index contributed by atoms with van der Waals surface area (Å²) in [5, 5.41) is 8.51. The minimum atomic E-state index is -4.48. The van der Waals surface area contributed by atoms with Crippen molar-refractivity contribution in [1.29, 1.82) is 0 Å². The van der Waals surface area contributed by atoms with Crippen LogP contribution in [0.25, 0.3) is 0 Å². The van der Waals surface area contributed by atoms with Crippen LogP contribution >= 0.6 is 11.6 Å². The summed E-state index contributed by atoms with van der Waals surface area (Å²) in [5.74, 6) is -0.779. The Bertz CT molecular complexity index is 679. The number of halogens is 4. The van der Waals surface area contributed by atoms with Gasteiger partial charge in [0.05, 0.1) is 22.8 Å². The van der Waals surface area contributed by atoms with Gasteiger partial charge in [-0.2, -0.15) is 13.2 Å². The van der Waals surface area contributed by atoms with Crippen LogP contribution in [-0.4, -0.2) is 16.7 Å². The summed E-state index contributed by atoms with van der Waals surface area (Å²) in [7, 11) is 0. The number of fused-ring (bicyclic) bond motifs is 2.